The molecule has 1 fully saturated rings. The molecule has 0 N–H and O–H groups in total. The molecule has 128 valence electrons. The lowest BCUT2D eigenvalue weighted by atomic mass is 10.2. The third-order valence-electron chi connectivity index (χ3n) is 3.11. The summed E-state index contributed by atoms with van der Waals surface area (Å²) in [6.45, 7) is 2.00. The van der Waals surface area contributed by atoms with Gasteiger partial charge in [0.2, 0.25) is 0 Å². The molecule has 0 aromatic heterocycles. The van der Waals surface area contributed by atoms with Crippen LogP contribution in [0.1, 0.15) is 18.9 Å². The van der Waals surface area contributed by atoms with E-state index in [0.717, 1.165) is 28.6 Å². The Morgan fingerprint density at radius 3 is 2.79 bits per heavy atom. The lowest BCUT2D eigenvalue weighted by Gasteiger charge is -2.14. The molecule has 0 aliphatic carbocycles. The molecule has 0 atom stereocenters. The Labute approximate surface area is 149 Å². The van der Waals surface area contributed by atoms with E-state index in [4.69, 9.17) is 21.7 Å². The van der Waals surface area contributed by atoms with Crippen LogP contribution in [0, 0.1) is 0 Å². The fourth-order valence-electron chi connectivity index (χ4n) is 2.02. The lowest BCUT2D eigenvalue weighted by Crippen LogP contribution is -2.40. The van der Waals surface area contributed by atoms with E-state index in [9.17, 15) is 14.7 Å². The second-order valence-corrected chi connectivity index (χ2v) is 6.57. The number of carbonyl (C=O) groups excluding carboxylic acids is 2. The molecule has 0 saturated carbocycles. The smallest absolute Gasteiger partial charge is 0.266 e. The van der Waals surface area contributed by atoms with Crippen LogP contribution in [0.2, 0.25) is 0 Å². The van der Waals surface area contributed by atoms with Gasteiger partial charge in [0.05, 0.1) is 31.1 Å². The van der Waals surface area contributed by atoms with E-state index in [2.05, 4.69) is 0 Å². The third kappa shape index (κ3) is 4.27. The van der Waals surface area contributed by atoms with Gasteiger partial charge in [0.1, 0.15) is 4.32 Å². The largest absolute Gasteiger partial charge is 0.548 e. The van der Waals surface area contributed by atoms with Gasteiger partial charge in [0.15, 0.2) is 11.5 Å². The van der Waals surface area contributed by atoms with Crippen molar-refractivity contribution < 1.29 is 24.2 Å². The molecule has 24 heavy (non-hydrogen) atoms. The molecule has 0 unspecified atom stereocenters. The van der Waals surface area contributed by atoms with E-state index in [0.29, 0.717) is 23.0 Å². The van der Waals surface area contributed by atoms with Gasteiger partial charge in [-0.05, 0) is 30.2 Å². The molecule has 0 bridgehead atoms. The van der Waals surface area contributed by atoms with Crippen molar-refractivity contribution in [2.75, 3.05) is 20.3 Å². The molecule has 6 nitrogen and oxygen atoms in total. The summed E-state index contributed by atoms with van der Waals surface area (Å²) in [6, 6.07) is 5.29. The number of methoxy groups -OCH3 is 1. The maximum absolute atomic E-state index is 12.2. The highest BCUT2D eigenvalue weighted by Crippen LogP contribution is 2.34. The predicted octanol–water partition coefficient (Wildman–Crippen LogP) is 1.44. The Bertz CT molecular complexity index is 702. The van der Waals surface area contributed by atoms with Crippen LogP contribution < -0.4 is 14.6 Å². The maximum atomic E-state index is 12.2. The van der Waals surface area contributed by atoms with E-state index in [1.807, 2.05) is 6.92 Å². The Kier molecular flexibility index (Phi) is 6.22. The lowest BCUT2D eigenvalue weighted by molar-refractivity contribution is -0.305. The Morgan fingerprint density at radius 2 is 2.17 bits per heavy atom. The molecular weight excluding hydrogens is 350 g/mol. The minimum absolute atomic E-state index is 0.200. The molecule has 0 radical (unpaired) electrons. The van der Waals surface area contributed by atoms with Crippen LogP contribution in [0.15, 0.2) is 23.1 Å². The number of amides is 1. The maximum Gasteiger partial charge on any atom is 0.266 e. The van der Waals surface area contributed by atoms with Crippen LogP contribution in [0.3, 0.4) is 0 Å². The van der Waals surface area contributed by atoms with Crippen LogP contribution in [-0.2, 0) is 9.59 Å². The van der Waals surface area contributed by atoms with Crippen molar-refractivity contribution in [2.45, 2.75) is 13.3 Å². The molecule has 1 heterocycles. The second kappa shape index (κ2) is 8.16. The Morgan fingerprint density at radius 1 is 1.42 bits per heavy atom. The topological polar surface area (TPSA) is 78.9 Å². The standard InChI is InChI=1S/C16H17NO5S2/c1-3-6-22-12-7-10(4-5-11(12)21-2)8-13-15(20)17(9-14(18)19)16(23)24-13/h4-5,7-8H,3,6,9H2,1-2H3,(H,18,19)/p-1/b13-8-. The van der Waals surface area contributed by atoms with Gasteiger partial charge in [-0.1, -0.05) is 37.0 Å². The highest BCUT2D eigenvalue weighted by Gasteiger charge is 2.31. The monoisotopic (exact) mass is 366 g/mol. The number of thioether (sulfide) groups is 1. The number of carbonyl (C=O) groups is 2. The van der Waals surface area contributed by atoms with Gasteiger partial charge in [-0.3, -0.25) is 9.69 Å². The van der Waals surface area contributed by atoms with Gasteiger partial charge in [-0.25, -0.2) is 0 Å². The van der Waals surface area contributed by atoms with Crippen molar-refractivity contribution in [2.24, 2.45) is 0 Å². The first-order valence-corrected chi connectivity index (χ1v) is 8.44. The van der Waals surface area contributed by atoms with Gasteiger partial charge in [-0.2, -0.15) is 0 Å². The minimum atomic E-state index is -1.35. The number of carboxylic acids is 1. The molecule has 8 heteroatoms. The van der Waals surface area contributed by atoms with Gasteiger partial charge < -0.3 is 19.4 Å². The van der Waals surface area contributed by atoms with Crippen molar-refractivity contribution in [3.63, 3.8) is 0 Å². The molecule has 1 saturated heterocycles. The molecule has 1 aliphatic rings. The van der Waals surface area contributed by atoms with Gasteiger partial charge in [-0.15, -0.1) is 0 Å². The van der Waals surface area contributed by atoms with Crippen molar-refractivity contribution in [1.29, 1.82) is 0 Å². The molecule has 1 aliphatic heterocycles. The number of aliphatic carboxylic acids is 1. The quantitative estimate of drug-likeness (QED) is 0.534. The summed E-state index contributed by atoms with van der Waals surface area (Å²) >= 11 is 6.10. The summed E-state index contributed by atoms with van der Waals surface area (Å²) in [7, 11) is 1.55. The Hall–Kier alpha value is -2.06. The predicted molar refractivity (Wildman–Crippen MR) is 93.7 cm³/mol. The van der Waals surface area contributed by atoms with Crippen LogP contribution in [0.4, 0.5) is 0 Å². The fourth-order valence-corrected chi connectivity index (χ4v) is 3.28. The van der Waals surface area contributed by atoms with Crippen LogP contribution in [0.25, 0.3) is 6.08 Å². The zero-order valence-electron chi connectivity index (χ0n) is 13.2. The fraction of sp³-hybridized carbons (Fsp3) is 0.312. The summed E-state index contributed by atoms with van der Waals surface area (Å²) in [6.07, 6.45) is 2.50. The average Bonchev–Trinajstić information content (AvgIpc) is 2.80. The zero-order valence-corrected chi connectivity index (χ0v) is 14.9. The SMILES string of the molecule is CCCOc1cc(/C=C2\SC(=S)N(CC(=O)[O-])C2=O)ccc1OC. The number of ether oxygens (including phenoxy) is 2. The van der Waals surface area contributed by atoms with Gasteiger partial charge >= 0.3 is 0 Å². The molecular formula is C16H16NO5S2-. The van der Waals surface area contributed by atoms with Crippen molar-refractivity contribution in [3.05, 3.63) is 28.7 Å². The average molecular weight is 366 g/mol. The van der Waals surface area contributed by atoms with Crippen LogP contribution >= 0.6 is 24.0 Å². The molecule has 1 amide bonds. The number of hydrogen-bond acceptors (Lipinski definition) is 7. The summed E-state index contributed by atoms with van der Waals surface area (Å²) < 4.78 is 11.1. The number of hydrogen-bond donors (Lipinski definition) is 0. The molecule has 1 aromatic carbocycles. The Balaban J connectivity index is 2.26. The molecule has 0 spiro atoms. The zero-order chi connectivity index (χ0) is 17.7. The first kappa shape index (κ1) is 18.3. The van der Waals surface area contributed by atoms with Gasteiger partial charge in [0, 0.05) is 0 Å². The summed E-state index contributed by atoms with van der Waals surface area (Å²) in [5, 5.41) is 10.7. The molecule has 1 aromatic rings. The van der Waals surface area contributed by atoms with E-state index in [1.165, 1.54) is 0 Å². The van der Waals surface area contributed by atoms with Gasteiger partial charge in [0.25, 0.3) is 5.91 Å². The number of rotatable bonds is 7. The first-order valence-electron chi connectivity index (χ1n) is 7.22. The van der Waals surface area contributed by atoms with E-state index in [-0.39, 0.29) is 4.32 Å². The van der Waals surface area contributed by atoms with Crippen molar-refractivity contribution in [1.82, 2.24) is 4.90 Å². The minimum Gasteiger partial charge on any atom is -0.548 e. The number of thiocarbonyl (C=S) groups is 1. The van der Waals surface area contributed by atoms with E-state index >= 15 is 0 Å². The van der Waals surface area contributed by atoms with Crippen molar-refractivity contribution >= 4 is 46.3 Å². The van der Waals surface area contributed by atoms with Crippen molar-refractivity contribution in [3.8, 4) is 11.5 Å². The van der Waals surface area contributed by atoms with E-state index < -0.39 is 18.4 Å². The van der Waals surface area contributed by atoms with E-state index in [1.54, 1.807) is 31.4 Å². The first-order chi connectivity index (χ1) is 11.5. The number of nitrogens with zero attached hydrogens (tertiary/aromatic N) is 1. The molecule has 2 rings (SSSR count). The summed E-state index contributed by atoms with van der Waals surface area (Å²) in [4.78, 5) is 24.3. The van der Waals surface area contributed by atoms with Crippen LogP contribution in [0.5, 0.6) is 11.5 Å². The number of benzene rings is 1. The normalized spacial score (nSPS) is 15.9. The second-order valence-electron chi connectivity index (χ2n) is 4.90. The number of carboxylic acid groups (broad SMARTS) is 1. The third-order valence-corrected chi connectivity index (χ3v) is 4.49. The van der Waals surface area contributed by atoms with Crippen LogP contribution in [-0.4, -0.2) is 41.4 Å². The summed E-state index contributed by atoms with van der Waals surface area (Å²) in [5.74, 6) is -0.614. The highest BCUT2D eigenvalue weighted by molar-refractivity contribution is 8.26. The summed E-state index contributed by atoms with van der Waals surface area (Å²) in [5.41, 5.74) is 0.732. The highest BCUT2D eigenvalue weighted by atomic mass is 32.2.